The molecule has 6 heteroatoms. The molecule has 220 valence electrons. The fraction of sp³-hybridized carbons (Fsp3) is 0.812. The largest absolute Gasteiger partial charge is 0.756 e. The molecule has 1 fully saturated rings. The van der Waals surface area contributed by atoms with Crippen molar-refractivity contribution in [1.82, 2.24) is 0 Å². The third kappa shape index (κ3) is 15.2. The summed E-state index contributed by atoms with van der Waals surface area (Å²) in [5, 5.41) is 0. The van der Waals surface area contributed by atoms with E-state index >= 15 is 0 Å². The standard InChI is InChI=1S/C32H58NO4P/c1-3-5-6-7-8-9-10-11-12-13-14-15-16-17-18-22-29-36-38(34,35)37-32-25-27-33(4-2,28-26-32)30-31-23-20-19-21-24-31/h19-21,23-24,32H,3-18,22,25-30H2,1-2H3. The van der Waals surface area contributed by atoms with Crippen LogP contribution in [-0.4, -0.2) is 36.8 Å². The maximum atomic E-state index is 12.4. The van der Waals surface area contributed by atoms with Gasteiger partial charge in [0.2, 0.25) is 0 Å². The van der Waals surface area contributed by atoms with Crippen molar-refractivity contribution in [2.75, 3.05) is 26.2 Å². The van der Waals surface area contributed by atoms with Crippen LogP contribution in [-0.2, 0) is 20.2 Å². The lowest BCUT2D eigenvalue weighted by Gasteiger charge is -2.44. The quantitative estimate of drug-likeness (QED) is 0.0774. The second-order valence-electron chi connectivity index (χ2n) is 11.6. The van der Waals surface area contributed by atoms with Crippen molar-refractivity contribution in [3.63, 3.8) is 0 Å². The molecule has 0 amide bonds. The number of phosphoric ester groups is 1. The lowest BCUT2D eigenvalue weighted by molar-refractivity contribution is -0.944. The van der Waals surface area contributed by atoms with Gasteiger partial charge < -0.3 is 18.4 Å². The van der Waals surface area contributed by atoms with Gasteiger partial charge >= 0.3 is 0 Å². The van der Waals surface area contributed by atoms with E-state index in [0.29, 0.717) is 0 Å². The minimum absolute atomic E-state index is 0.245. The molecule has 1 aromatic carbocycles. The van der Waals surface area contributed by atoms with Crippen LogP contribution < -0.4 is 4.89 Å². The first-order chi connectivity index (χ1) is 18.5. The Hall–Kier alpha value is -0.710. The summed E-state index contributed by atoms with van der Waals surface area (Å²) in [6, 6.07) is 10.6. The Labute approximate surface area is 234 Å². The molecule has 0 N–H and O–H groups in total. The number of quaternary nitrogens is 1. The highest BCUT2D eigenvalue weighted by molar-refractivity contribution is 7.45. The molecule has 2 rings (SSSR count). The Morgan fingerprint density at radius 3 is 1.71 bits per heavy atom. The fourth-order valence-electron chi connectivity index (χ4n) is 5.79. The van der Waals surface area contributed by atoms with Crippen molar-refractivity contribution < 1.29 is 23.0 Å². The van der Waals surface area contributed by atoms with E-state index in [0.717, 1.165) is 62.8 Å². The van der Waals surface area contributed by atoms with Gasteiger partial charge in [0.05, 0.1) is 32.3 Å². The Morgan fingerprint density at radius 2 is 1.24 bits per heavy atom. The Kier molecular flexibility index (Phi) is 17.8. The van der Waals surface area contributed by atoms with Crippen LogP contribution in [0.2, 0.25) is 0 Å². The fourth-order valence-corrected chi connectivity index (χ4v) is 6.78. The summed E-state index contributed by atoms with van der Waals surface area (Å²) < 4.78 is 24.0. The SMILES string of the molecule is CCCCCCCCCCCCCCCCCCOP(=O)([O-])OC1CC[N+](CC)(Cc2ccccc2)CC1. The van der Waals surface area contributed by atoms with Crippen molar-refractivity contribution in [2.45, 2.75) is 142 Å². The molecule has 1 unspecified atom stereocenters. The third-order valence-electron chi connectivity index (χ3n) is 8.41. The van der Waals surface area contributed by atoms with Crippen LogP contribution in [0, 0.1) is 0 Å². The summed E-state index contributed by atoms with van der Waals surface area (Å²) in [6.45, 7) is 8.67. The lowest BCUT2D eigenvalue weighted by atomic mass is 10.0. The molecule has 1 atom stereocenters. The van der Waals surface area contributed by atoms with Gasteiger partial charge in [0, 0.05) is 18.4 Å². The van der Waals surface area contributed by atoms with Crippen molar-refractivity contribution in [3.8, 4) is 0 Å². The van der Waals surface area contributed by atoms with Crippen molar-refractivity contribution in [2.24, 2.45) is 0 Å². The molecule has 0 saturated carbocycles. The minimum Gasteiger partial charge on any atom is -0.756 e. The molecule has 0 radical (unpaired) electrons. The minimum atomic E-state index is -4.22. The summed E-state index contributed by atoms with van der Waals surface area (Å²) in [5.41, 5.74) is 1.34. The van der Waals surface area contributed by atoms with Gasteiger partial charge in [-0.1, -0.05) is 134 Å². The molecule has 1 aromatic rings. The van der Waals surface area contributed by atoms with Crippen molar-refractivity contribution in [3.05, 3.63) is 35.9 Å². The Balaban J connectivity index is 1.43. The molecule has 1 aliphatic heterocycles. The van der Waals surface area contributed by atoms with Gasteiger partial charge in [-0.25, -0.2) is 0 Å². The highest BCUT2D eigenvalue weighted by Gasteiger charge is 2.34. The third-order valence-corrected chi connectivity index (χ3v) is 9.46. The van der Waals surface area contributed by atoms with Crippen molar-refractivity contribution >= 4 is 7.82 Å². The summed E-state index contributed by atoms with van der Waals surface area (Å²) in [7, 11) is -4.22. The molecule has 0 spiro atoms. The average molecular weight is 552 g/mol. The molecule has 1 heterocycles. The Morgan fingerprint density at radius 1 is 0.763 bits per heavy atom. The predicted molar refractivity (Wildman–Crippen MR) is 158 cm³/mol. The van der Waals surface area contributed by atoms with Gasteiger partial charge in [0.1, 0.15) is 6.54 Å². The van der Waals surface area contributed by atoms with E-state index in [4.69, 9.17) is 9.05 Å². The molecule has 5 nitrogen and oxygen atoms in total. The molecule has 0 bridgehead atoms. The highest BCUT2D eigenvalue weighted by atomic mass is 31.2. The molecule has 38 heavy (non-hydrogen) atoms. The monoisotopic (exact) mass is 551 g/mol. The summed E-state index contributed by atoms with van der Waals surface area (Å²) >= 11 is 0. The zero-order chi connectivity index (χ0) is 27.4. The van der Waals surface area contributed by atoms with Crippen LogP contribution in [0.4, 0.5) is 0 Å². The number of hydrogen-bond donors (Lipinski definition) is 0. The number of hydrogen-bond acceptors (Lipinski definition) is 4. The van der Waals surface area contributed by atoms with Gasteiger partial charge in [0.15, 0.2) is 0 Å². The first-order valence-corrected chi connectivity index (χ1v) is 17.5. The molecule has 1 saturated heterocycles. The number of unbranched alkanes of at least 4 members (excludes halogenated alkanes) is 15. The average Bonchev–Trinajstić information content (AvgIpc) is 2.92. The topological polar surface area (TPSA) is 58.6 Å². The second-order valence-corrected chi connectivity index (χ2v) is 13.0. The van der Waals surface area contributed by atoms with E-state index in [1.165, 1.54) is 89.0 Å². The normalized spacial score (nSPS) is 21.4. The summed E-state index contributed by atoms with van der Waals surface area (Å²) in [6.07, 6.45) is 22.1. The van der Waals surface area contributed by atoms with Gasteiger partial charge in [-0.05, 0) is 13.3 Å². The molecule has 0 aromatic heterocycles. The van der Waals surface area contributed by atoms with Gasteiger partial charge in [0.25, 0.3) is 7.82 Å². The van der Waals surface area contributed by atoms with E-state index < -0.39 is 7.82 Å². The molecule has 0 aliphatic carbocycles. The molecular formula is C32H58NO4P. The molecular weight excluding hydrogens is 493 g/mol. The van der Waals surface area contributed by atoms with E-state index in [1.807, 2.05) is 6.07 Å². The van der Waals surface area contributed by atoms with Crippen LogP contribution in [0.15, 0.2) is 30.3 Å². The number of rotatable bonds is 23. The predicted octanol–water partition coefficient (Wildman–Crippen LogP) is 8.95. The van der Waals surface area contributed by atoms with Crippen LogP contribution in [0.3, 0.4) is 0 Å². The van der Waals surface area contributed by atoms with Gasteiger partial charge in [-0.15, -0.1) is 0 Å². The number of likely N-dealkylation sites (tertiary alicyclic amines) is 1. The van der Waals surface area contributed by atoms with Crippen LogP contribution >= 0.6 is 7.82 Å². The van der Waals surface area contributed by atoms with Crippen LogP contribution in [0.5, 0.6) is 0 Å². The second kappa shape index (κ2) is 20.2. The zero-order valence-electron chi connectivity index (χ0n) is 24.8. The van der Waals surface area contributed by atoms with E-state index in [2.05, 4.69) is 38.1 Å². The van der Waals surface area contributed by atoms with E-state index in [1.54, 1.807) is 0 Å². The maximum Gasteiger partial charge on any atom is 0.268 e. The first-order valence-electron chi connectivity index (χ1n) is 16.0. The Bertz CT molecular complexity index is 736. The lowest BCUT2D eigenvalue weighted by Crippen LogP contribution is -2.53. The van der Waals surface area contributed by atoms with E-state index in [9.17, 15) is 9.46 Å². The summed E-state index contributed by atoms with van der Waals surface area (Å²) in [5.74, 6) is 0. The van der Waals surface area contributed by atoms with Crippen molar-refractivity contribution in [1.29, 1.82) is 0 Å². The van der Waals surface area contributed by atoms with Gasteiger partial charge in [-0.2, -0.15) is 0 Å². The maximum absolute atomic E-state index is 12.4. The number of benzene rings is 1. The highest BCUT2D eigenvalue weighted by Crippen LogP contribution is 2.42. The van der Waals surface area contributed by atoms with Crippen LogP contribution in [0.1, 0.15) is 135 Å². The number of piperidine rings is 1. The number of nitrogens with zero attached hydrogens (tertiary/aromatic N) is 1. The van der Waals surface area contributed by atoms with Crippen LogP contribution in [0.25, 0.3) is 0 Å². The zero-order valence-corrected chi connectivity index (χ0v) is 25.6. The summed E-state index contributed by atoms with van der Waals surface area (Å²) in [4.78, 5) is 12.4. The number of phosphoric acid groups is 1. The smallest absolute Gasteiger partial charge is 0.268 e. The van der Waals surface area contributed by atoms with Gasteiger partial charge in [-0.3, -0.25) is 4.57 Å². The first kappa shape index (κ1) is 33.5. The van der Waals surface area contributed by atoms with E-state index in [-0.39, 0.29) is 12.7 Å². The molecule has 1 aliphatic rings.